The standard InChI is InChI=1S/C29H28ClFN2O5.C15H21ClN2O3.C14H9FO3.H2/c30-23-15-21(16-25-28(23)38-14-13-37-25)26(34)24(17-33-11-1-2-12-33)32-29(36)27(35)20-5-3-18(4-6-20)19-7-9-22(31)10-8-19;16-11-7-10(8-13-15(11)21-6-5-20-13)14(19)12(17)9-18-3-1-2-4-18;15-12-7-5-10(6-8-12)9-1-3-11(4-2-9)13(16)14(17)18;/h3-10,15-16,24,26,34H,1-2,11-14,17H2,(H,32,36);7-8,12,14,19H,1-6,9,17H2;1-8H,(H,17,18);1H/t24-,26-;12-,14-;;/m11../s1/i;;;1+1. The minimum absolute atomic E-state index is 0. The number of fused-ring (bicyclic) bond motifs is 2. The molecular formula is C58H60Cl2F2N4O11. The van der Waals surface area contributed by atoms with Crippen molar-refractivity contribution in [2.75, 3.05) is 65.7 Å². The zero-order valence-corrected chi connectivity index (χ0v) is 43.4. The van der Waals surface area contributed by atoms with Crippen LogP contribution in [0.2, 0.25) is 10.0 Å². The molecule has 1 amide bonds. The number of aliphatic hydroxyl groups excluding tert-OH is 2. The van der Waals surface area contributed by atoms with E-state index in [0.717, 1.165) is 61.3 Å². The van der Waals surface area contributed by atoms with E-state index in [0.29, 0.717) is 83.7 Å². The number of likely N-dealkylation sites (tertiary alicyclic amines) is 2. The lowest BCUT2D eigenvalue weighted by atomic mass is 9.99. The van der Waals surface area contributed by atoms with Gasteiger partial charge >= 0.3 is 5.97 Å². The van der Waals surface area contributed by atoms with E-state index in [1.54, 1.807) is 84.9 Å². The highest BCUT2D eigenvalue weighted by Crippen LogP contribution is 2.41. The number of aliphatic hydroxyl groups is 2. The maximum Gasteiger partial charge on any atom is 0.377 e. The first kappa shape index (κ1) is 56.2. The van der Waals surface area contributed by atoms with Crippen LogP contribution in [0.15, 0.2) is 121 Å². The summed E-state index contributed by atoms with van der Waals surface area (Å²) in [6.07, 6.45) is 2.58. The summed E-state index contributed by atoms with van der Waals surface area (Å²) >= 11 is 12.6. The Hall–Kier alpha value is -6.96. The number of carbonyl (C=O) groups excluding carboxylic acids is 3. The lowest BCUT2D eigenvalue weighted by molar-refractivity contribution is -0.131. The average molecular weight is 1100 g/mol. The molecule has 19 heteroatoms. The lowest BCUT2D eigenvalue weighted by Crippen LogP contribution is -2.48. The second kappa shape index (κ2) is 26.4. The monoisotopic (exact) mass is 1100 g/mol. The SMILES string of the molecule is N[C@H](CN1CCCC1)[C@H](O)c1cc(Cl)c2c(c1)OCCO2.O=C(N[C@H](CN1CCCC1)[C@H](O)c1cc(Cl)c2c(c1)OCCO2)C(=O)c1ccc(-c2ccc(F)cc2)cc1.O=C(O)C(=O)c1ccc(-c2ccc(F)cc2)cc1.[2HH]. The van der Waals surface area contributed by atoms with Gasteiger partial charge in [-0.25, -0.2) is 13.6 Å². The fourth-order valence-electron chi connectivity index (χ4n) is 9.31. The number of nitrogens with zero attached hydrogens (tertiary/aromatic N) is 2. The maximum atomic E-state index is 13.2. The Morgan fingerprint density at radius 3 is 1.36 bits per heavy atom. The largest absolute Gasteiger partial charge is 0.486 e. The number of nitrogens with two attached hydrogens (primary N) is 1. The number of amides is 1. The molecule has 15 nitrogen and oxygen atoms in total. The first-order valence-electron chi connectivity index (χ1n) is 25.2. The summed E-state index contributed by atoms with van der Waals surface area (Å²) in [5.41, 5.74) is 10.8. The van der Waals surface area contributed by atoms with Crippen molar-refractivity contribution in [1.82, 2.24) is 15.1 Å². The molecule has 2 saturated heterocycles. The Balaban J connectivity index is 0.000000186. The van der Waals surface area contributed by atoms with Crippen LogP contribution in [0, 0.1) is 11.6 Å². The molecule has 0 radical (unpaired) electrons. The van der Waals surface area contributed by atoms with E-state index in [-0.39, 0.29) is 30.2 Å². The highest BCUT2D eigenvalue weighted by atomic mass is 35.5. The molecule has 0 spiro atoms. The van der Waals surface area contributed by atoms with Crippen molar-refractivity contribution in [3.8, 4) is 45.3 Å². The van der Waals surface area contributed by atoms with Crippen molar-refractivity contribution in [2.24, 2.45) is 5.73 Å². The quantitative estimate of drug-likeness (QED) is 0.0480. The first-order chi connectivity index (χ1) is 37.1. The summed E-state index contributed by atoms with van der Waals surface area (Å²) < 4.78 is 48.2. The van der Waals surface area contributed by atoms with Gasteiger partial charge in [0.2, 0.25) is 5.78 Å². The van der Waals surface area contributed by atoms with E-state index in [4.69, 9.17) is 53.0 Å². The second-order valence-electron chi connectivity index (χ2n) is 18.8. The van der Waals surface area contributed by atoms with Gasteiger partial charge in [0.15, 0.2) is 23.0 Å². The van der Waals surface area contributed by atoms with Gasteiger partial charge in [0, 0.05) is 31.7 Å². The highest BCUT2D eigenvalue weighted by Gasteiger charge is 2.31. The average Bonchev–Trinajstić information content (AvgIpc) is 4.18. The number of Topliss-reactive ketones (excluding diaryl/α,β-unsaturated/α-hetero) is 2. The Bertz CT molecular complexity index is 3020. The summed E-state index contributed by atoms with van der Waals surface area (Å²) in [5.74, 6) is -2.62. The molecule has 6 N–H and O–H groups in total. The molecule has 0 unspecified atom stereocenters. The number of ether oxygens (including phenoxy) is 4. The minimum atomic E-state index is -1.48. The second-order valence-corrected chi connectivity index (χ2v) is 19.6. The molecule has 0 aromatic heterocycles. The molecule has 6 aromatic rings. The van der Waals surface area contributed by atoms with Gasteiger partial charge in [-0.2, -0.15) is 0 Å². The van der Waals surface area contributed by atoms with E-state index >= 15 is 0 Å². The van der Waals surface area contributed by atoms with Crippen LogP contribution < -0.4 is 30.0 Å². The van der Waals surface area contributed by atoms with Crippen molar-refractivity contribution in [3.63, 3.8) is 0 Å². The Morgan fingerprint density at radius 2 is 0.935 bits per heavy atom. The van der Waals surface area contributed by atoms with Gasteiger partial charge in [0.25, 0.3) is 11.7 Å². The molecule has 0 aliphatic carbocycles. The van der Waals surface area contributed by atoms with Gasteiger partial charge in [-0.05, 0) is 134 Å². The maximum absolute atomic E-state index is 13.2. The summed E-state index contributed by atoms with van der Waals surface area (Å²) in [4.78, 5) is 52.2. The van der Waals surface area contributed by atoms with Gasteiger partial charge in [0.1, 0.15) is 44.2 Å². The molecule has 4 aliphatic rings. The highest BCUT2D eigenvalue weighted by molar-refractivity contribution is 6.43. The third kappa shape index (κ3) is 14.8. The predicted octanol–water partition coefficient (Wildman–Crippen LogP) is 8.99. The lowest BCUT2D eigenvalue weighted by Gasteiger charge is -2.29. The molecule has 6 aromatic carbocycles. The van der Waals surface area contributed by atoms with E-state index in [2.05, 4.69) is 15.1 Å². The van der Waals surface area contributed by atoms with E-state index in [9.17, 15) is 38.2 Å². The molecule has 4 heterocycles. The van der Waals surface area contributed by atoms with Gasteiger partial charge in [0.05, 0.1) is 22.2 Å². The Morgan fingerprint density at radius 1 is 0.558 bits per heavy atom. The molecule has 2 fully saturated rings. The molecule has 0 bridgehead atoms. The fraction of sp³-hybridized carbons (Fsp3) is 0.310. The van der Waals surface area contributed by atoms with E-state index in [1.165, 1.54) is 49.2 Å². The van der Waals surface area contributed by atoms with Crippen LogP contribution in [0.1, 0.15) is 71.2 Å². The number of carboxylic acids is 1. The van der Waals surface area contributed by atoms with Crippen LogP contribution in [-0.4, -0.2) is 126 Å². The van der Waals surface area contributed by atoms with Crippen LogP contribution >= 0.6 is 23.2 Å². The molecule has 4 aliphatic heterocycles. The number of ketones is 2. The number of hydrogen-bond acceptors (Lipinski definition) is 13. The van der Waals surface area contributed by atoms with Crippen LogP contribution in [0.25, 0.3) is 22.3 Å². The molecule has 77 heavy (non-hydrogen) atoms. The molecule has 406 valence electrons. The molecule has 4 atom stereocenters. The predicted molar refractivity (Wildman–Crippen MR) is 288 cm³/mol. The summed E-state index contributed by atoms with van der Waals surface area (Å²) in [6, 6.07) is 30.2. The number of aliphatic carboxylic acids is 1. The van der Waals surface area contributed by atoms with Crippen LogP contribution in [0.3, 0.4) is 0 Å². The third-order valence-electron chi connectivity index (χ3n) is 13.4. The van der Waals surface area contributed by atoms with Crippen LogP contribution in [-0.2, 0) is 9.59 Å². The number of hydrogen-bond donors (Lipinski definition) is 5. The van der Waals surface area contributed by atoms with Crippen LogP contribution in [0.4, 0.5) is 8.78 Å². The van der Waals surface area contributed by atoms with E-state index in [1.807, 2.05) is 0 Å². The van der Waals surface area contributed by atoms with Gasteiger partial charge < -0.3 is 55.1 Å². The van der Waals surface area contributed by atoms with Crippen molar-refractivity contribution < 1.29 is 63.7 Å². The number of carbonyl (C=O) groups is 4. The Labute approximate surface area is 455 Å². The first-order valence-corrected chi connectivity index (χ1v) is 26.0. The van der Waals surface area contributed by atoms with Crippen molar-refractivity contribution >= 4 is 46.6 Å². The number of halogens is 4. The normalized spacial score (nSPS) is 16.4. The number of carboxylic acid groups (broad SMARTS) is 1. The smallest absolute Gasteiger partial charge is 0.377 e. The zero-order valence-electron chi connectivity index (χ0n) is 41.8. The van der Waals surface area contributed by atoms with Gasteiger partial charge in [-0.3, -0.25) is 14.4 Å². The summed E-state index contributed by atoms with van der Waals surface area (Å²) in [6.45, 7) is 6.60. The molecule has 0 saturated carbocycles. The fourth-order valence-corrected chi connectivity index (χ4v) is 9.86. The third-order valence-corrected chi connectivity index (χ3v) is 14.0. The molecule has 10 rings (SSSR count). The summed E-state index contributed by atoms with van der Waals surface area (Å²) in [5, 5.41) is 33.9. The van der Waals surface area contributed by atoms with Crippen molar-refractivity contribution in [1.29, 1.82) is 0 Å². The zero-order chi connectivity index (χ0) is 54.6. The molecular weight excluding hydrogens is 1040 g/mol. The van der Waals surface area contributed by atoms with Crippen LogP contribution in [0.5, 0.6) is 23.0 Å². The van der Waals surface area contributed by atoms with Gasteiger partial charge in [-0.15, -0.1) is 0 Å². The summed E-state index contributed by atoms with van der Waals surface area (Å²) in [7, 11) is 0. The van der Waals surface area contributed by atoms with Gasteiger partial charge in [-0.1, -0.05) is 96.0 Å². The minimum Gasteiger partial charge on any atom is -0.486 e. The number of nitrogens with one attached hydrogen (secondary N) is 1. The number of rotatable bonds is 15. The van der Waals surface area contributed by atoms with Crippen molar-refractivity contribution in [2.45, 2.75) is 50.0 Å². The Kier molecular flexibility index (Phi) is 19.3. The topological polar surface area (TPSA) is 210 Å². The van der Waals surface area contributed by atoms with E-state index < -0.39 is 41.7 Å². The van der Waals surface area contributed by atoms with Crippen molar-refractivity contribution in [3.05, 3.63) is 165 Å². The number of benzene rings is 6.